The molecule has 7 atom stereocenters. The predicted octanol–water partition coefficient (Wildman–Crippen LogP) is 5.58. The number of H-pyrrole nitrogens is 1. The van der Waals surface area contributed by atoms with Crippen molar-refractivity contribution in [2.45, 2.75) is 29.5 Å². The minimum atomic E-state index is -0.459. The monoisotopic (exact) mass is 641 g/mol. The van der Waals surface area contributed by atoms with Crippen LogP contribution in [0.2, 0.25) is 0 Å². The first-order chi connectivity index (χ1) is 21.8. The van der Waals surface area contributed by atoms with Crippen LogP contribution in [0.4, 0.5) is 15.8 Å². The number of aryl methyl sites for hydroxylation is 1. The van der Waals surface area contributed by atoms with Crippen LogP contribution < -0.4 is 19.8 Å². The molecule has 8 rings (SSSR count). The summed E-state index contributed by atoms with van der Waals surface area (Å²) in [4.78, 5) is 57.9. The normalized spacial score (nSPS) is 27.7. The summed E-state index contributed by atoms with van der Waals surface area (Å²) in [6.45, 7) is 1.79. The minimum absolute atomic E-state index is 0.0185. The number of hydrogen-bond acceptors (Lipinski definition) is 7. The number of imide groups is 1. The Morgan fingerprint density at radius 2 is 1.76 bits per heavy atom. The summed E-state index contributed by atoms with van der Waals surface area (Å²) in [5.74, 6) is -1.76. The first-order valence-corrected chi connectivity index (χ1v) is 16.6. The van der Waals surface area contributed by atoms with Crippen molar-refractivity contribution >= 4 is 52.2 Å². The number of hydrogen-bond donors (Lipinski definition) is 2. The standard InChI is InChI=1S/C34H28FN3O5S2/c1-16-4-2-6-19(12-16)36-24(39)15-43-21-7-3-5-17(13-21)25-26-22-14-23(29(26)44-31-30(25)45-34(42)37-31)28-27(22)32(40)38(33(28)41)20-10-8-18(35)9-11-20/h2-13,22-23,25-29H,14-15H2,1H3,(H,36,39)(H,37,42)/t22?,23?,25-,26?,27?,28?,29?/m1/s1. The Labute approximate surface area is 266 Å². The van der Waals surface area contributed by atoms with E-state index in [0.717, 1.165) is 27.5 Å². The molecule has 1 saturated heterocycles. The van der Waals surface area contributed by atoms with Crippen LogP contribution in [0.1, 0.15) is 28.3 Å². The SMILES string of the molecule is Cc1cccc(NC(=O)COc2cccc([C@H]3c4sc(=O)[nH]c4SC4C5CC(C6C(=O)N(c7ccc(F)cc7)C(=O)C56)C43)c2)c1. The second-order valence-corrected chi connectivity index (χ2v) is 14.4. The number of rotatable bonds is 6. The molecule has 4 aliphatic rings. The van der Waals surface area contributed by atoms with E-state index in [9.17, 15) is 23.6 Å². The molecule has 45 heavy (non-hydrogen) atoms. The number of aromatic amines is 1. The number of amides is 3. The van der Waals surface area contributed by atoms with E-state index in [4.69, 9.17) is 4.74 Å². The Morgan fingerprint density at radius 3 is 2.53 bits per heavy atom. The third-order valence-corrected chi connectivity index (χ3v) is 12.3. The lowest BCUT2D eigenvalue weighted by Gasteiger charge is -2.43. The molecule has 8 nitrogen and oxygen atoms in total. The lowest BCUT2D eigenvalue weighted by Crippen LogP contribution is -2.42. The van der Waals surface area contributed by atoms with Gasteiger partial charge in [0.25, 0.3) is 5.91 Å². The average molecular weight is 642 g/mol. The summed E-state index contributed by atoms with van der Waals surface area (Å²) in [7, 11) is 0. The molecule has 2 bridgehead atoms. The molecule has 228 valence electrons. The summed E-state index contributed by atoms with van der Waals surface area (Å²) >= 11 is 2.81. The maximum Gasteiger partial charge on any atom is 0.305 e. The zero-order valence-electron chi connectivity index (χ0n) is 24.1. The topological polar surface area (TPSA) is 109 Å². The lowest BCUT2D eigenvalue weighted by molar-refractivity contribution is -0.123. The van der Waals surface area contributed by atoms with Gasteiger partial charge in [0.1, 0.15) is 11.6 Å². The number of nitrogens with one attached hydrogen (secondary N) is 2. The predicted molar refractivity (Wildman–Crippen MR) is 169 cm³/mol. The number of nitrogens with zero attached hydrogens (tertiary/aromatic N) is 1. The van der Waals surface area contributed by atoms with Crippen LogP contribution >= 0.6 is 23.1 Å². The van der Waals surface area contributed by atoms with Gasteiger partial charge in [-0.3, -0.25) is 24.1 Å². The molecule has 3 aromatic carbocycles. The van der Waals surface area contributed by atoms with Crippen LogP contribution in [-0.4, -0.2) is 34.6 Å². The summed E-state index contributed by atoms with van der Waals surface area (Å²) in [5.41, 5.74) is 3.07. The van der Waals surface area contributed by atoms with Gasteiger partial charge in [-0.15, -0.1) is 11.8 Å². The fourth-order valence-corrected chi connectivity index (χ4v) is 11.0. The largest absolute Gasteiger partial charge is 0.484 e. The smallest absolute Gasteiger partial charge is 0.305 e. The molecule has 1 aromatic heterocycles. The molecule has 2 aliphatic carbocycles. The van der Waals surface area contributed by atoms with Crippen LogP contribution in [-0.2, 0) is 14.4 Å². The van der Waals surface area contributed by atoms with E-state index in [1.807, 2.05) is 49.4 Å². The van der Waals surface area contributed by atoms with Gasteiger partial charge in [-0.25, -0.2) is 4.39 Å². The highest BCUT2D eigenvalue weighted by Gasteiger charge is 2.69. The Kier molecular flexibility index (Phi) is 6.72. The third-order valence-electron chi connectivity index (χ3n) is 9.70. The number of aromatic nitrogens is 1. The number of benzene rings is 3. The second-order valence-electron chi connectivity index (χ2n) is 12.2. The van der Waals surface area contributed by atoms with Crippen molar-refractivity contribution < 1.29 is 23.5 Å². The van der Waals surface area contributed by atoms with Gasteiger partial charge in [0.15, 0.2) is 6.61 Å². The Balaban J connectivity index is 1.09. The van der Waals surface area contributed by atoms with Crippen molar-refractivity contribution in [2.75, 3.05) is 16.8 Å². The average Bonchev–Trinajstić information content (AvgIpc) is 3.75. The molecule has 0 spiro atoms. The van der Waals surface area contributed by atoms with E-state index >= 15 is 0 Å². The maximum atomic E-state index is 13.9. The van der Waals surface area contributed by atoms with E-state index in [-0.39, 0.29) is 58.1 Å². The number of carbonyl (C=O) groups excluding carboxylic acids is 3. The zero-order valence-corrected chi connectivity index (χ0v) is 25.7. The highest BCUT2D eigenvalue weighted by molar-refractivity contribution is 8.00. The molecule has 2 N–H and O–H groups in total. The lowest BCUT2D eigenvalue weighted by atomic mass is 9.68. The summed E-state index contributed by atoms with van der Waals surface area (Å²) < 4.78 is 19.6. The van der Waals surface area contributed by atoms with Gasteiger partial charge in [-0.05, 0) is 90.8 Å². The van der Waals surface area contributed by atoms with Gasteiger partial charge in [-0.2, -0.15) is 0 Å². The van der Waals surface area contributed by atoms with Gasteiger partial charge in [0.2, 0.25) is 11.8 Å². The highest BCUT2D eigenvalue weighted by Crippen LogP contribution is 2.68. The number of ether oxygens (including phenoxy) is 1. The fourth-order valence-electron chi connectivity index (χ4n) is 8.10. The van der Waals surface area contributed by atoms with Crippen molar-refractivity contribution in [3.05, 3.63) is 104 Å². The first-order valence-electron chi connectivity index (χ1n) is 14.9. The van der Waals surface area contributed by atoms with E-state index < -0.39 is 17.7 Å². The van der Waals surface area contributed by atoms with E-state index in [1.165, 1.54) is 40.5 Å². The van der Waals surface area contributed by atoms with Crippen LogP contribution in [0.25, 0.3) is 0 Å². The van der Waals surface area contributed by atoms with Crippen molar-refractivity contribution in [1.29, 1.82) is 0 Å². The number of thioether (sulfide) groups is 1. The molecule has 2 aliphatic heterocycles. The van der Waals surface area contributed by atoms with Crippen LogP contribution in [0.5, 0.6) is 5.75 Å². The van der Waals surface area contributed by atoms with E-state index in [1.54, 1.807) is 17.8 Å². The summed E-state index contributed by atoms with van der Waals surface area (Å²) in [6.07, 6.45) is 0.761. The van der Waals surface area contributed by atoms with Crippen LogP contribution in [0.15, 0.2) is 82.6 Å². The molecule has 6 unspecified atom stereocenters. The van der Waals surface area contributed by atoms with E-state index in [0.29, 0.717) is 17.1 Å². The number of carbonyl (C=O) groups is 3. The second kappa shape index (κ2) is 10.7. The first kappa shape index (κ1) is 28.3. The molecule has 4 aromatic rings. The molecular weight excluding hydrogens is 614 g/mol. The molecule has 3 fully saturated rings. The Morgan fingerprint density at radius 1 is 1.00 bits per heavy atom. The van der Waals surface area contributed by atoms with Gasteiger partial charge >= 0.3 is 4.87 Å². The van der Waals surface area contributed by atoms with Crippen molar-refractivity contribution in [3.8, 4) is 5.75 Å². The molecule has 3 heterocycles. The maximum absolute atomic E-state index is 13.9. The number of fused-ring (bicyclic) bond motifs is 9. The zero-order chi connectivity index (χ0) is 31.0. The van der Waals surface area contributed by atoms with Gasteiger partial charge in [-0.1, -0.05) is 35.6 Å². The van der Waals surface area contributed by atoms with Crippen LogP contribution in [0.3, 0.4) is 0 Å². The molecule has 11 heteroatoms. The summed E-state index contributed by atoms with van der Waals surface area (Å²) in [6, 6.07) is 20.6. The number of thiazole rings is 1. The summed E-state index contributed by atoms with van der Waals surface area (Å²) in [5, 5.41) is 3.71. The minimum Gasteiger partial charge on any atom is -0.484 e. The van der Waals surface area contributed by atoms with Crippen molar-refractivity contribution in [3.63, 3.8) is 0 Å². The molecule has 0 radical (unpaired) electrons. The highest BCUT2D eigenvalue weighted by atomic mass is 32.2. The quantitative estimate of drug-likeness (QED) is 0.266. The van der Waals surface area contributed by atoms with Crippen molar-refractivity contribution in [2.24, 2.45) is 29.6 Å². The molecule has 2 saturated carbocycles. The number of halogens is 1. The Bertz CT molecular complexity index is 1920. The molecule has 3 amide bonds. The third kappa shape index (κ3) is 4.63. The van der Waals surface area contributed by atoms with Crippen LogP contribution in [0, 0.1) is 42.3 Å². The Hall–Kier alpha value is -4.22. The van der Waals surface area contributed by atoms with E-state index in [2.05, 4.69) is 10.3 Å². The van der Waals surface area contributed by atoms with Crippen molar-refractivity contribution in [1.82, 2.24) is 4.98 Å². The number of anilines is 2. The van der Waals surface area contributed by atoms with Gasteiger partial charge < -0.3 is 15.0 Å². The van der Waals surface area contributed by atoms with Gasteiger partial charge in [0, 0.05) is 21.7 Å². The van der Waals surface area contributed by atoms with Gasteiger partial charge in [0.05, 0.1) is 22.5 Å². The molecular formula is C34H28FN3O5S2. The fraction of sp³-hybridized carbons (Fsp3) is 0.294.